The van der Waals surface area contributed by atoms with E-state index in [4.69, 9.17) is 5.73 Å². The Labute approximate surface area is 131 Å². The topological polar surface area (TPSA) is 63.4 Å². The van der Waals surface area contributed by atoms with E-state index in [1.54, 1.807) is 11.8 Å². The van der Waals surface area contributed by atoms with Gasteiger partial charge in [-0.25, -0.2) is 12.8 Å². The molecule has 1 aromatic carbocycles. The van der Waals surface area contributed by atoms with E-state index < -0.39 is 15.8 Å². The highest BCUT2D eigenvalue weighted by atomic mass is 79.9. The molecule has 8 heteroatoms. The SMILES string of the molecule is CC1CN(S(=O)(=O)c2cc(N)c(F)cc2Br)CC(C)S1. The van der Waals surface area contributed by atoms with Gasteiger partial charge in [0.15, 0.2) is 0 Å². The third-order valence-electron chi connectivity index (χ3n) is 3.06. The molecule has 2 unspecified atom stereocenters. The lowest BCUT2D eigenvalue weighted by molar-refractivity contribution is 0.404. The summed E-state index contributed by atoms with van der Waals surface area (Å²) in [6.45, 7) is 4.88. The van der Waals surface area contributed by atoms with Crippen molar-refractivity contribution in [3.8, 4) is 0 Å². The summed E-state index contributed by atoms with van der Waals surface area (Å²) in [5, 5.41) is 0.454. The van der Waals surface area contributed by atoms with E-state index >= 15 is 0 Å². The number of thioether (sulfide) groups is 1. The Morgan fingerprint density at radius 2 is 1.90 bits per heavy atom. The van der Waals surface area contributed by atoms with E-state index in [1.807, 2.05) is 13.8 Å². The number of rotatable bonds is 2. The monoisotopic (exact) mass is 382 g/mol. The molecule has 1 saturated heterocycles. The van der Waals surface area contributed by atoms with Crippen LogP contribution in [-0.2, 0) is 10.0 Å². The molecule has 1 aliphatic heterocycles. The first-order valence-electron chi connectivity index (χ1n) is 6.12. The predicted molar refractivity (Wildman–Crippen MR) is 83.8 cm³/mol. The van der Waals surface area contributed by atoms with Gasteiger partial charge in [0.2, 0.25) is 10.0 Å². The van der Waals surface area contributed by atoms with Crippen LogP contribution < -0.4 is 5.73 Å². The average molecular weight is 383 g/mol. The smallest absolute Gasteiger partial charge is 0.244 e. The molecule has 0 saturated carbocycles. The maximum Gasteiger partial charge on any atom is 0.244 e. The highest BCUT2D eigenvalue weighted by Crippen LogP contribution is 2.33. The van der Waals surface area contributed by atoms with E-state index in [0.29, 0.717) is 13.1 Å². The summed E-state index contributed by atoms with van der Waals surface area (Å²) in [6.07, 6.45) is 0. The Balaban J connectivity index is 2.42. The fourth-order valence-electron chi connectivity index (χ4n) is 2.21. The second kappa shape index (κ2) is 5.82. The molecule has 20 heavy (non-hydrogen) atoms. The van der Waals surface area contributed by atoms with Crippen LogP contribution in [0.2, 0.25) is 0 Å². The van der Waals surface area contributed by atoms with Crippen molar-refractivity contribution >= 4 is 43.4 Å². The largest absolute Gasteiger partial charge is 0.396 e. The maximum absolute atomic E-state index is 13.3. The van der Waals surface area contributed by atoms with E-state index in [0.717, 1.165) is 6.07 Å². The van der Waals surface area contributed by atoms with Crippen molar-refractivity contribution in [3.63, 3.8) is 0 Å². The van der Waals surface area contributed by atoms with Crippen LogP contribution in [-0.4, -0.2) is 36.3 Å². The van der Waals surface area contributed by atoms with Gasteiger partial charge in [-0.05, 0) is 28.1 Å². The fraction of sp³-hybridized carbons (Fsp3) is 0.500. The van der Waals surface area contributed by atoms with Crippen molar-refractivity contribution in [1.82, 2.24) is 4.31 Å². The molecule has 1 aliphatic rings. The lowest BCUT2D eigenvalue weighted by atomic mass is 10.3. The van der Waals surface area contributed by atoms with Gasteiger partial charge in [0.25, 0.3) is 0 Å². The standard InChI is InChI=1S/C12H16BrFN2O2S2/c1-7-5-16(6-8(2)19-7)20(17,18)12-4-11(15)10(14)3-9(12)13/h3-4,7-8H,5-6,15H2,1-2H3. The van der Waals surface area contributed by atoms with Crippen molar-refractivity contribution in [2.24, 2.45) is 0 Å². The van der Waals surface area contributed by atoms with Gasteiger partial charge in [-0.3, -0.25) is 0 Å². The van der Waals surface area contributed by atoms with Gasteiger partial charge in [0.1, 0.15) is 5.82 Å². The zero-order valence-electron chi connectivity index (χ0n) is 11.1. The molecule has 1 heterocycles. The first kappa shape index (κ1) is 16.1. The van der Waals surface area contributed by atoms with Crippen LogP contribution in [0.25, 0.3) is 0 Å². The van der Waals surface area contributed by atoms with Gasteiger partial charge in [0, 0.05) is 28.1 Å². The number of halogens is 2. The molecule has 0 radical (unpaired) electrons. The Morgan fingerprint density at radius 3 is 2.45 bits per heavy atom. The van der Waals surface area contributed by atoms with Gasteiger partial charge in [-0.15, -0.1) is 0 Å². The molecule has 0 bridgehead atoms. The minimum absolute atomic E-state index is 0.0164. The summed E-state index contributed by atoms with van der Waals surface area (Å²) in [6, 6.07) is 2.26. The molecule has 4 nitrogen and oxygen atoms in total. The number of hydrogen-bond donors (Lipinski definition) is 1. The first-order valence-corrected chi connectivity index (χ1v) is 9.29. The van der Waals surface area contributed by atoms with Crippen molar-refractivity contribution in [2.45, 2.75) is 29.2 Å². The Bertz CT molecular complexity index is 614. The molecule has 0 spiro atoms. The van der Waals surface area contributed by atoms with Crippen molar-refractivity contribution in [3.05, 3.63) is 22.4 Å². The van der Waals surface area contributed by atoms with Crippen molar-refractivity contribution < 1.29 is 12.8 Å². The van der Waals surface area contributed by atoms with Crippen molar-refractivity contribution in [2.75, 3.05) is 18.8 Å². The number of nitrogen functional groups attached to an aromatic ring is 1. The summed E-state index contributed by atoms with van der Waals surface area (Å²) >= 11 is 4.87. The van der Waals surface area contributed by atoms with Crippen LogP contribution in [0.5, 0.6) is 0 Å². The van der Waals surface area contributed by atoms with Gasteiger partial charge in [-0.2, -0.15) is 16.1 Å². The van der Waals surface area contributed by atoms with E-state index in [1.165, 1.54) is 10.4 Å². The van der Waals surface area contributed by atoms with Gasteiger partial charge in [-0.1, -0.05) is 13.8 Å². The zero-order chi connectivity index (χ0) is 15.1. The van der Waals surface area contributed by atoms with Crippen LogP contribution in [0.1, 0.15) is 13.8 Å². The molecular formula is C12H16BrFN2O2S2. The number of nitrogens with zero attached hydrogens (tertiary/aromatic N) is 1. The van der Waals surface area contributed by atoms with Crippen LogP contribution in [0.15, 0.2) is 21.5 Å². The van der Waals surface area contributed by atoms with Gasteiger partial charge >= 0.3 is 0 Å². The molecule has 0 amide bonds. The quantitative estimate of drug-likeness (QED) is 0.798. The molecule has 2 rings (SSSR count). The van der Waals surface area contributed by atoms with E-state index in [-0.39, 0.29) is 25.6 Å². The molecule has 2 N–H and O–H groups in total. The summed E-state index contributed by atoms with van der Waals surface area (Å²) in [4.78, 5) is 0.0164. The minimum Gasteiger partial charge on any atom is -0.396 e. The second-order valence-corrected chi connectivity index (χ2v) is 9.53. The molecule has 1 fully saturated rings. The fourth-order valence-corrected chi connectivity index (χ4v) is 6.35. The second-order valence-electron chi connectivity index (χ2n) is 4.88. The summed E-state index contributed by atoms with van der Waals surface area (Å²) in [5.74, 6) is -0.633. The lowest BCUT2D eigenvalue weighted by Crippen LogP contribution is -2.44. The third kappa shape index (κ3) is 3.13. The lowest BCUT2D eigenvalue weighted by Gasteiger charge is -2.33. The number of benzene rings is 1. The third-order valence-corrected chi connectivity index (χ3v) is 7.07. The molecular weight excluding hydrogens is 367 g/mol. The maximum atomic E-state index is 13.3. The minimum atomic E-state index is -3.67. The summed E-state index contributed by atoms with van der Waals surface area (Å²) in [7, 11) is -3.67. The Kier molecular flexibility index (Phi) is 4.68. The molecule has 112 valence electrons. The summed E-state index contributed by atoms with van der Waals surface area (Å²) < 4.78 is 40.3. The average Bonchev–Trinajstić information content (AvgIpc) is 2.32. The van der Waals surface area contributed by atoms with Crippen LogP contribution in [0, 0.1) is 5.82 Å². The van der Waals surface area contributed by atoms with Crippen molar-refractivity contribution in [1.29, 1.82) is 0 Å². The molecule has 2 atom stereocenters. The highest BCUT2D eigenvalue weighted by Gasteiger charge is 2.33. The highest BCUT2D eigenvalue weighted by molar-refractivity contribution is 9.10. The molecule has 1 aromatic rings. The predicted octanol–water partition coefficient (Wildman–Crippen LogP) is 2.68. The normalized spacial score (nSPS) is 24.8. The molecule has 0 aliphatic carbocycles. The molecule has 0 aromatic heterocycles. The van der Waals surface area contributed by atoms with Crippen LogP contribution in [0.3, 0.4) is 0 Å². The number of hydrogen-bond acceptors (Lipinski definition) is 4. The number of anilines is 1. The Hall–Kier alpha value is -0.310. The van der Waals surface area contributed by atoms with Gasteiger partial charge in [0.05, 0.1) is 10.6 Å². The zero-order valence-corrected chi connectivity index (χ0v) is 14.4. The Morgan fingerprint density at radius 1 is 1.35 bits per heavy atom. The van der Waals surface area contributed by atoms with E-state index in [9.17, 15) is 12.8 Å². The van der Waals surface area contributed by atoms with Crippen LogP contribution >= 0.6 is 27.7 Å². The van der Waals surface area contributed by atoms with Gasteiger partial charge < -0.3 is 5.73 Å². The van der Waals surface area contributed by atoms with E-state index in [2.05, 4.69) is 15.9 Å². The summed E-state index contributed by atoms with van der Waals surface area (Å²) in [5.41, 5.74) is 5.32. The first-order chi connectivity index (χ1) is 9.21. The number of sulfonamides is 1. The van der Waals surface area contributed by atoms with Crippen LogP contribution in [0.4, 0.5) is 10.1 Å². The number of nitrogens with two attached hydrogens (primary N) is 1.